The topological polar surface area (TPSA) is 111 Å². The Morgan fingerprint density at radius 3 is 2.38 bits per heavy atom. The molecule has 0 aliphatic carbocycles. The minimum absolute atomic E-state index is 0. The van der Waals surface area contributed by atoms with Crippen molar-refractivity contribution in [3.8, 4) is 5.75 Å². The number of benzene rings is 1. The fourth-order valence-electron chi connectivity index (χ4n) is 2.25. The number of carbonyl (C=O) groups is 1. The Morgan fingerprint density at radius 1 is 1.27 bits per heavy atom. The number of methoxy groups -OCH3 is 1. The summed E-state index contributed by atoms with van der Waals surface area (Å²) in [5.41, 5.74) is 6.00. The largest absolute Gasteiger partial charge is 0.492 e. The van der Waals surface area contributed by atoms with E-state index < -0.39 is 22.0 Å². The van der Waals surface area contributed by atoms with Crippen molar-refractivity contribution < 1.29 is 22.7 Å². The molecule has 1 aromatic carbocycles. The number of hydrogen-bond donors (Lipinski definition) is 2. The molecule has 26 heavy (non-hydrogen) atoms. The highest BCUT2D eigenvalue weighted by Crippen LogP contribution is 2.30. The molecule has 10 heteroatoms. The number of sulfonamides is 1. The number of anilines is 1. The van der Waals surface area contributed by atoms with E-state index in [2.05, 4.69) is 5.32 Å². The van der Waals surface area contributed by atoms with E-state index in [-0.39, 0.29) is 29.7 Å². The van der Waals surface area contributed by atoms with E-state index in [0.717, 1.165) is 0 Å². The molecule has 1 rings (SSSR count). The van der Waals surface area contributed by atoms with Gasteiger partial charge >= 0.3 is 0 Å². The van der Waals surface area contributed by atoms with Crippen molar-refractivity contribution in [1.82, 2.24) is 4.31 Å². The SMILES string of the molecule is CCOc1ccc(NC(=O)C(N)COC)cc1S(=O)(=O)N(CC)CC.Cl. The van der Waals surface area contributed by atoms with Gasteiger partial charge in [-0.05, 0) is 25.1 Å². The van der Waals surface area contributed by atoms with E-state index in [1.165, 1.54) is 23.5 Å². The second-order valence-corrected chi connectivity index (χ2v) is 7.14. The summed E-state index contributed by atoms with van der Waals surface area (Å²) in [5, 5.41) is 2.60. The quantitative estimate of drug-likeness (QED) is 0.605. The first-order valence-electron chi connectivity index (χ1n) is 8.14. The Labute approximate surface area is 161 Å². The minimum atomic E-state index is -3.74. The van der Waals surface area contributed by atoms with Gasteiger partial charge in [-0.25, -0.2) is 8.42 Å². The van der Waals surface area contributed by atoms with E-state index >= 15 is 0 Å². The highest BCUT2D eigenvalue weighted by atomic mass is 35.5. The van der Waals surface area contributed by atoms with Gasteiger partial charge < -0.3 is 20.5 Å². The lowest BCUT2D eigenvalue weighted by molar-refractivity contribution is -0.118. The third-order valence-electron chi connectivity index (χ3n) is 3.52. The molecule has 1 atom stereocenters. The molecule has 8 nitrogen and oxygen atoms in total. The van der Waals surface area contributed by atoms with E-state index in [1.807, 2.05) is 0 Å². The van der Waals surface area contributed by atoms with Crippen LogP contribution in [0.25, 0.3) is 0 Å². The fraction of sp³-hybridized carbons (Fsp3) is 0.562. The molecule has 1 aromatic rings. The van der Waals surface area contributed by atoms with Gasteiger partial charge in [0.05, 0.1) is 13.2 Å². The lowest BCUT2D eigenvalue weighted by Gasteiger charge is -2.21. The number of ether oxygens (including phenoxy) is 2. The molecule has 0 fully saturated rings. The molecule has 0 aliphatic heterocycles. The predicted octanol–water partition coefficient (Wildman–Crippen LogP) is 1.45. The van der Waals surface area contributed by atoms with Gasteiger partial charge in [-0.1, -0.05) is 13.8 Å². The number of halogens is 1. The first kappa shape index (κ1) is 24.6. The van der Waals surface area contributed by atoms with Crippen molar-refractivity contribution >= 4 is 34.0 Å². The van der Waals surface area contributed by atoms with Crippen LogP contribution in [0.2, 0.25) is 0 Å². The van der Waals surface area contributed by atoms with Crippen LogP contribution in [0.15, 0.2) is 23.1 Å². The summed E-state index contributed by atoms with van der Waals surface area (Å²) < 4.78 is 37.3. The molecular formula is C16H28ClN3O5S. The Hall–Kier alpha value is -1.39. The molecule has 0 saturated carbocycles. The third kappa shape index (κ3) is 6.10. The molecule has 150 valence electrons. The molecule has 0 saturated heterocycles. The van der Waals surface area contributed by atoms with Crippen molar-refractivity contribution in [2.24, 2.45) is 5.73 Å². The number of amides is 1. The van der Waals surface area contributed by atoms with Crippen LogP contribution in [-0.2, 0) is 19.6 Å². The minimum Gasteiger partial charge on any atom is -0.492 e. The number of hydrogen-bond acceptors (Lipinski definition) is 6. The Balaban J connectivity index is 0.00000625. The first-order chi connectivity index (χ1) is 11.8. The second kappa shape index (κ2) is 11.3. The van der Waals surface area contributed by atoms with Gasteiger partial charge in [0.1, 0.15) is 16.7 Å². The molecule has 1 amide bonds. The molecule has 0 heterocycles. The summed E-state index contributed by atoms with van der Waals surface area (Å²) in [7, 11) is -2.30. The number of nitrogens with two attached hydrogens (primary N) is 1. The zero-order chi connectivity index (χ0) is 19.0. The van der Waals surface area contributed by atoms with Gasteiger partial charge in [0.25, 0.3) is 0 Å². The predicted molar refractivity (Wildman–Crippen MR) is 103 cm³/mol. The van der Waals surface area contributed by atoms with Gasteiger partial charge in [0.15, 0.2) is 0 Å². The van der Waals surface area contributed by atoms with Crippen LogP contribution in [0.4, 0.5) is 5.69 Å². The van der Waals surface area contributed by atoms with Crippen molar-refractivity contribution in [3.63, 3.8) is 0 Å². The van der Waals surface area contributed by atoms with E-state index in [9.17, 15) is 13.2 Å². The summed E-state index contributed by atoms with van der Waals surface area (Å²) in [4.78, 5) is 12.0. The molecule has 0 spiro atoms. The van der Waals surface area contributed by atoms with Gasteiger partial charge in [-0.3, -0.25) is 4.79 Å². The van der Waals surface area contributed by atoms with Crippen molar-refractivity contribution in [1.29, 1.82) is 0 Å². The lowest BCUT2D eigenvalue weighted by Crippen LogP contribution is -2.39. The maximum absolute atomic E-state index is 12.9. The highest BCUT2D eigenvalue weighted by Gasteiger charge is 2.26. The number of nitrogens with zero attached hydrogens (tertiary/aromatic N) is 1. The standard InChI is InChI=1S/C16H27N3O5S.ClH/c1-5-19(6-2)25(21,22)15-10-12(8-9-14(15)24-7-3)18-16(20)13(17)11-23-4;/h8-10,13H,5-7,11,17H2,1-4H3,(H,18,20);1H. The van der Waals surface area contributed by atoms with Crippen LogP contribution < -0.4 is 15.8 Å². The average Bonchev–Trinajstić information content (AvgIpc) is 2.57. The van der Waals surface area contributed by atoms with E-state index in [4.69, 9.17) is 15.2 Å². The second-order valence-electron chi connectivity index (χ2n) is 5.23. The van der Waals surface area contributed by atoms with E-state index in [1.54, 1.807) is 26.8 Å². The van der Waals surface area contributed by atoms with Gasteiger partial charge in [-0.2, -0.15) is 4.31 Å². The molecular weight excluding hydrogens is 382 g/mol. The van der Waals surface area contributed by atoms with Crippen LogP contribution >= 0.6 is 12.4 Å². The van der Waals surface area contributed by atoms with Crippen LogP contribution in [-0.4, -0.2) is 58.1 Å². The summed E-state index contributed by atoms with van der Waals surface area (Å²) in [6.07, 6.45) is 0. The monoisotopic (exact) mass is 409 g/mol. The van der Waals surface area contributed by atoms with Gasteiger partial charge in [0, 0.05) is 25.9 Å². The third-order valence-corrected chi connectivity index (χ3v) is 5.59. The van der Waals surface area contributed by atoms with Crippen molar-refractivity contribution in [3.05, 3.63) is 18.2 Å². The van der Waals surface area contributed by atoms with Crippen LogP contribution in [0, 0.1) is 0 Å². The molecule has 3 N–H and O–H groups in total. The molecule has 1 unspecified atom stereocenters. The lowest BCUT2D eigenvalue weighted by atomic mass is 10.2. The molecule has 0 bridgehead atoms. The maximum atomic E-state index is 12.9. The normalized spacial score (nSPS) is 12.4. The average molecular weight is 410 g/mol. The Bertz CT molecular complexity index is 680. The van der Waals surface area contributed by atoms with Gasteiger partial charge in [-0.15, -0.1) is 12.4 Å². The maximum Gasteiger partial charge on any atom is 0.246 e. The number of nitrogens with one attached hydrogen (secondary N) is 1. The smallest absolute Gasteiger partial charge is 0.246 e. The molecule has 0 radical (unpaired) electrons. The summed E-state index contributed by atoms with van der Waals surface area (Å²) >= 11 is 0. The van der Waals surface area contributed by atoms with Crippen molar-refractivity contribution in [2.45, 2.75) is 31.7 Å². The number of rotatable bonds is 10. The van der Waals surface area contributed by atoms with Crippen LogP contribution in [0.1, 0.15) is 20.8 Å². The summed E-state index contributed by atoms with van der Waals surface area (Å²) in [6.45, 7) is 6.35. The fourth-order valence-corrected chi connectivity index (χ4v) is 3.87. The zero-order valence-corrected chi connectivity index (χ0v) is 17.2. The van der Waals surface area contributed by atoms with Gasteiger partial charge in [0.2, 0.25) is 15.9 Å². The Kier molecular flexibility index (Phi) is 10.7. The van der Waals surface area contributed by atoms with Crippen LogP contribution in [0.5, 0.6) is 5.75 Å². The molecule has 0 aromatic heterocycles. The summed E-state index contributed by atoms with van der Waals surface area (Å²) in [5.74, 6) is -0.217. The zero-order valence-electron chi connectivity index (χ0n) is 15.5. The number of carbonyl (C=O) groups excluding carboxylic acids is 1. The highest BCUT2D eigenvalue weighted by molar-refractivity contribution is 7.89. The first-order valence-corrected chi connectivity index (χ1v) is 9.58. The van der Waals surface area contributed by atoms with E-state index in [0.29, 0.717) is 25.4 Å². The van der Waals surface area contributed by atoms with Crippen LogP contribution in [0.3, 0.4) is 0 Å². The summed E-state index contributed by atoms with van der Waals surface area (Å²) in [6, 6.07) is 3.64. The van der Waals surface area contributed by atoms with Crippen molar-refractivity contribution in [2.75, 3.05) is 38.7 Å². The molecule has 0 aliphatic rings. The Morgan fingerprint density at radius 2 is 1.88 bits per heavy atom.